The van der Waals surface area contributed by atoms with Crippen molar-refractivity contribution in [2.24, 2.45) is 5.73 Å². The highest BCUT2D eigenvalue weighted by atomic mass is 32.2. The third kappa shape index (κ3) is 4.86. The van der Waals surface area contributed by atoms with Crippen LogP contribution in [0.4, 0.5) is 0 Å². The van der Waals surface area contributed by atoms with Gasteiger partial charge in [0.15, 0.2) is 0 Å². The molecule has 2 aromatic rings. The highest BCUT2D eigenvalue weighted by Crippen LogP contribution is 2.57. The van der Waals surface area contributed by atoms with Crippen LogP contribution in [0, 0.1) is 6.92 Å². The molecular weight excluding hydrogens is 476 g/mol. The van der Waals surface area contributed by atoms with Gasteiger partial charge in [0.25, 0.3) is 10.1 Å². The second-order valence-electron chi connectivity index (χ2n) is 8.84. The molecule has 5 rings (SSSR count). The van der Waals surface area contributed by atoms with Crippen LogP contribution in [0.25, 0.3) is 0 Å². The van der Waals surface area contributed by atoms with E-state index in [0.29, 0.717) is 0 Å². The molecule has 2 aliphatic heterocycles. The molecule has 2 heterocycles. The summed E-state index contributed by atoms with van der Waals surface area (Å²) in [6.45, 7) is 2.09. The van der Waals surface area contributed by atoms with Crippen molar-refractivity contribution >= 4 is 33.8 Å². The Morgan fingerprint density at radius 2 is 1.76 bits per heavy atom. The fourth-order valence-electron chi connectivity index (χ4n) is 4.68. The first kappa shape index (κ1) is 24.7. The second-order valence-corrected chi connectivity index (χ2v) is 11.8. The van der Waals surface area contributed by atoms with Crippen molar-refractivity contribution in [3.63, 3.8) is 0 Å². The Labute approximate surface area is 203 Å². The molecule has 3 N–H and O–H groups in total. The normalized spacial score (nSPS) is 24.7. The lowest BCUT2D eigenvalue weighted by Gasteiger charge is -2.42. The molecule has 0 aromatic heterocycles. The molecule has 0 bridgehead atoms. The van der Waals surface area contributed by atoms with Crippen molar-refractivity contribution in [1.82, 2.24) is 4.90 Å². The number of amides is 1. The molecule has 3 atom stereocenters. The first-order valence-corrected chi connectivity index (χ1v) is 13.4. The van der Waals surface area contributed by atoms with Gasteiger partial charge in [0.05, 0.1) is 4.90 Å². The number of carbonyl (C=O) groups is 2. The van der Waals surface area contributed by atoms with E-state index >= 15 is 0 Å². The first-order valence-electron chi connectivity index (χ1n) is 11.1. The van der Waals surface area contributed by atoms with Crippen molar-refractivity contribution in [2.45, 2.75) is 66.3 Å². The maximum atomic E-state index is 12.8. The lowest BCUT2D eigenvalue weighted by atomic mass is 9.92. The third-order valence-corrected chi connectivity index (χ3v) is 9.20. The summed E-state index contributed by atoms with van der Waals surface area (Å²) in [5.74, 6) is -0.404. The van der Waals surface area contributed by atoms with Crippen LogP contribution in [0.3, 0.4) is 0 Å². The first-order chi connectivity index (χ1) is 16.1. The van der Waals surface area contributed by atoms with Crippen LogP contribution in [-0.2, 0) is 31.1 Å². The average Bonchev–Trinajstić information content (AvgIpc) is 3.41. The van der Waals surface area contributed by atoms with Gasteiger partial charge in [-0.1, -0.05) is 60.9 Å². The Balaban J connectivity index is 0.000000210. The standard InChI is InChI=1S/C17H20N2O3S.C7H8O3S/c18-12-14(20)19-13(17(23-15(12)19)8-4-5-9-17)16(21)22-10-11-6-2-1-3-7-11;1-6-2-4-7(5-3-6)11(8,9)10/h1-3,6-7,12-13,15H,4-5,8-10,18H2;2-5H,1H3,(H,8,9,10)/t12?,13?,15-;/m1./s1. The second kappa shape index (κ2) is 9.69. The molecule has 1 amide bonds. The summed E-state index contributed by atoms with van der Waals surface area (Å²) in [4.78, 5) is 26.5. The summed E-state index contributed by atoms with van der Waals surface area (Å²) in [5.41, 5.74) is 7.83. The zero-order valence-electron chi connectivity index (χ0n) is 18.8. The number of hydrogen-bond donors (Lipinski definition) is 2. The number of β-lactam (4-membered cyclic amide) rings is 1. The molecule has 2 aromatic carbocycles. The Bertz CT molecular complexity index is 1150. The number of carbonyl (C=O) groups excluding carboxylic acids is 2. The van der Waals surface area contributed by atoms with Crippen LogP contribution in [0.2, 0.25) is 0 Å². The maximum absolute atomic E-state index is 12.8. The third-order valence-electron chi connectivity index (χ3n) is 6.47. The van der Waals surface area contributed by atoms with Crippen molar-refractivity contribution < 1.29 is 27.3 Å². The van der Waals surface area contributed by atoms with Gasteiger partial charge >= 0.3 is 5.97 Å². The van der Waals surface area contributed by atoms with Crippen LogP contribution in [0.1, 0.15) is 36.8 Å². The highest BCUT2D eigenvalue weighted by molar-refractivity contribution is 8.01. The predicted molar refractivity (Wildman–Crippen MR) is 128 cm³/mol. The predicted octanol–water partition coefficient (Wildman–Crippen LogP) is 2.90. The van der Waals surface area contributed by atoms with E-state index in [1.54, 1.807) is 28.8 Å². The summed E-state index contributed by atoms with van der Waals surface area (Å²) >= 11 is 1.72. The number of nitrogens with two attached hydrogens (primary N) is 1. The number of hydrogen-bond acceptors (Lipinski definition) is 7. The molecule has 34 heavy (non-hydrogen) atoms. The molecule has 2 saturated heterocycles. The van der Waals surface area contributed by atoms with Crippen LogP contribution >= 0.6 is 11.8 Å². The Morgan fingerprint density at radius 1 is 1.15 bits per heavy atom. The number of esters is 1. The molecule has 10 heteroatoms. The van der Waals surface area contributed by atoms with Crippen molar-refractivity contribution in [1.29, 1.82) is 0 Å². The van der Waals surface area contributed by atoms with E-state index in [1.807, 2.05) is 37.3 Å². The van der Waals surface area contributed by atoms with Crippen LogP contribution in [0.5, 0.6) is 0 Å². The lowest BCUT2D eigenvalue weighted by molar-refractivity contribution is -0.164. The quantitative estimate of drug-likeness (QED) is 0.370. The van der Waals surface area contributed by atoms with Gasteiger partial charge in [-0.3, -0.25) is 9.35 Å². The Hall–Kier alpha value is -2.40. The van der Waals surface area contributed by atoms with Crippen molar-refractivity contribution in [2.75, 3.05) is 0 Å². The van der Waals surface area contributed by atoms with E-state index in [1.165, 1.54) is 12.1 Å². The van der Waals surface area contributed by atoms with Gasteiger partial charge in [-0.25, -0.2) is 4.79 Å². The highest BCUT2D eigenvalue weighted by Gasteiger charge is 2.66. The largest absolute Gasteiger partial charge is 0.459 e. The summed E-state index contributed by atoms with van der Waals surface area (Å²) < 4.78 is 34.9. The van der Waals surface area contributed by atoms with Crippen molar-refractivity contribution in [3.8, 4) is 0 Å². The number of rotatable bonds is 4. The van der Waals surface area contributed by atoms with Crippen LogP contribution < -0.4 is 5.73 Å². The van der Waals surface area contributed by atoms with Gasteiger partial charge < -0.3 is 15.4 Å². The van der Waals surface area contributed by atoms with Gasteiger partial charge in [0.2, 0.25) is 5.91 Å². The lowest BCUT2D eigenvalue weighted by Crippen LogP contribution is -2.69. The van der Waals surface area contributed by atoms with E-state index in [4.69, 9.17) is 15.0 Å². The zero-order valence-corrected chi connectivity index (χ0v) is 20.4. The number of ether oxygens (including phenoxy) is 1. The molecule has 1 saturated carbocycles. The molecule has 8 nitrogen and oxygen atoms in total. The van der Waals surface area contributed by atoms with E-state index in [-0.39, 0.29) is 33.5 Å². The van der Waals surface area contributed by atoms with Crippen LogP contribution in [0.15, 0.2) is 59.5 Å². The average molecular weight is 505 g/mol. The van der Waals surface area contributed by atoms with Gasteiger partial charge in [-0.05, 0) is 37.5 Å². The molecule has 3 aliphatic rings. The van der Waals surface area contributed by atoms with Gasteiger partial charge in [0.1, 0.15) is 24.1 Å². The molecule has 0 radical (unpaired) electrons. The number of benzene rings is 2. The fraction of sp³-hybridized carbons (Fsp3) is 0.417. The van der Waals surface area contributed by atoms with E-state index in [9.17, 15) is 18.0 Å². The molecule has 1 aliphatic carbocycles. The van der Waals surface area contributed by atoms with Crippen LogP contribution in [-0.4, -0.2) is 52.0 Å². The SMILES string of the molecule is Cc1ccc(S(=O)(=O)O)cc1.NC1C(=O)N2C(C(=O)OCc3ccccc3)C3(CCCC3)S[C@H]12. The number of nitrogens with zero attached hydrogens (tertiary/aromatic N) is 1. The number of thioether (sulfide) groups is 1. The minimum atomic E-state index is -4.02. The monoisotopic (exact) mass is 504 g/mol. The zero-order chi connectivity index (χ0) is 24.5. The Morgan fingerprint density at radius 3 is 2.35 bits per heavy atom. The minimum Gasteiger partial charge on any atom is -0.459 e. The smallest absolute Gasteiger partial charge is 0.330 e. The van der Waals surface area contributed by atoms with E-state index < -0.39 is 22.2 Å². The maximum Gasteiger partial charge on any atom is 0.330 e. The minimum absolute atomic E-state index is 0.0603. The number of aryl methyl sites for hydroxylation is 1. The fourth-order valence-corrected chi connectivity index (χ4v) is 7.11. The van der Waals surface area contributed by atoms with E-state index in [2.05, 4.69) is 0 Å². The summed E-state index contributed by atoms with van der Waals surface area (Å²) in [7, 11) is -4.02. The summed E-state index contributed by atoms with van der Waals surface area (Å²) in [5, 5.41) is -0.0603. The van der Waals surface area contributed by atoms with Gasteiger partial charge in [0, 0.05) is 4.75 Å². The van der Waals surface area contributed by atoms with Gasteiger partial charge in [-0.15, -0.1) is 11.8 Å². The molecule has 1 spiro atoms. The molecular formula is C24H28N2O6S2. The topological polar surface area (TPSA) is 127 Å². The van der Waals surface area contributed by atoms with Gasteiger partial charge in [-0.2, -0.15) is 8.42 Å². The molecule has 182 valence electrons. The Kier molecular flexibility index (Phi) is 7.04. The van der Waals surface area contributed by atoms with E-state index in [0.717, 1.165) is 36.8 Å². The molecule has 3 fully saturated rings. The van der Waals surface area contributed by atoms with Crippen molar-refractivity contribution in [3.05, 3.63) is 65.7 Å². The number of fused-ring (bicyclic) bond motifs is 1. The molecule has 2 unspecified atom stereocenters. The summed E-state index contributed by atoms with van der Waals surface area (Å²) in [6, 6.07) is 14.7. The summed E-state index contributed by atoms with van der Waals surface area (Å²) in [6.07, 6.45) is 4.10.